The SMILES string of the molecule is C#CCN1CCC(CS(=O)(=O)c2ccc(Oc3ccc(C)c(C)c3)cc2)(C(=O)NO)CC1.Cl. The van der Waals surface area contributed by atoms with Gasteiger partial charge in [-0.3, -0.25) is 14.9 Å². The van der Waals surface area contributed by atoms with E-state index in [2.05, 4.69) is 5.92 Å². The number of nitrogens with zero attached hydrogens (tertiary/aromatic N) is 1. The number of piperidine rings is 1. The summed E-state index contributed by atoms with van der Waals surface area (Å²) in [5.41, 5.74) is 2.70. The molecule has 0 bridgehead atoms. The lowest BCUT2D eigenvalue weighted by molar-refractivity contribution is -0.141. The zero-order valence-corrected chi connectivity index (χ0v) is 20.3. The lowest BCUT2D eigenvalue weighted by Gasteiger charge is -2.39. The van der Waals surface area contributed by atoms with Crippen molar-refractivity contribution >= 4 is 28.2 Å². The number of sulfone groups is 1. The molecule has 0 saturated carbocycles. The van der Waals surface area contributed by atoms with Gasteiger partial charge in [0.2, 0.25) is 0 Å². The molecule has 178 valence electrons. The molecule has 2 aromatic carbocycles. The monoisotopic (exact) mass is 492 g/mol. The second kappa shape index (κ2) is 11.0. The summed E-state index contributed by atoms with van der Waals surface area (Å²) < 4.78 is 32.1. The fourth-order valence-corrected chi connectivity index (χ4v) is 5.76. The molecule has 2 N–H and O–H groups in total. The predicted molar refractivity (Wildman–Crippen MR) is 129 cm³/mol. The van der Waals surface area contributed by atoms with E-state index in [0.29, 0.717) is 31.1 Å². The molecule has 0 radical (unpaired) electrons. The number of nitrogens with one attached hydrogen (secondary N) is 1. The highest BCUT2D eigenvalue weighted by molar-refractivity contribution is 7.91. The van der Waals surface area contributed by atoms with Crippen molar-refractivity contribution in [2.45, 2.75) is 31.6 Å². The summed E-state index contributed by atoms with van der Waals surface area (Å²) in [7, 11) is -3.79. The molecule has 1 saturated heterocycles. The van der Waals surface area contributed by atoms with Crippen LogP contribution in [0.2, 0.25) is 0 Å². The van der Waals surface area contributed by atoms with Gasteiger partial charge in [-0.15, -0.1) is 18.8 Å². The third-order valence-corrected chi connectivity index (χ3v) is 8.00. The van der Waals surface area contributed by atoms with Gasteiger partial charge in [0.05, 0.1) is 22.6 Å². The molecule has 3 rings (SSSR count). The normalized spacial score (nSPS) is 15.7. The van der Waals surface area contributed by atoms with E-state index in [1.54, 1.807) is 17.6 Å². The minimum absolute atomic E-state index is 0. The first-order chi connectivity index (χ1) is 15.2. The van der Waals surface area contributed by atoms with Crippen LogP contribution in [0.1, 0.15) is 24.0 Å². The van der Waals surface area contributed by atoms with Crippen LogP contribution in [-0.2, 0) is 14.6 Å². The second-order valence-corrected chi connectivity index (χ2v) is 10.3. The van der Waals surface area contributed by atoms with Gasteiger partial charge in [0.1, 0.15) is 11.5 Å². The predicted octanol–water partition coefficient (Wildman–Crippen LogP) is 3.51. The third kappa shape index (κ3) is 6.27. The first-order valence-corrected chi connectivity index (χ1v) is 12.0. The van der Waals surface area contributed by atoms with Crippen LogP contribution in [0.5, 0.6) is 11.5 Å². The minimum Gasteiger partial charge on any atom is -0.457 e. The number of carbonyl (C=O) groups is 1. The minimum atomic E-state index is -3.79. The van der Waals surface area contributed by atoms with E-state index < -0.39 is 26.9 Å². The van der Waals surface area contributed by atoms with Crippen LogP contribution in [0.25, 0.3) is 0 Å². The van der Waals surface area contributed by atoms with Crippen molar-refractivity contribution in [1.29, 1.82) is 0 Å². The number of hydrogen-bond acceptors (Lipinski definition) is 6. The van der Waals surface area contributed by atoms with Gasteiger partial charge >= 0.3 is 0 Å². The standard InChI is InChI=1S/C24H28N2O5S.ClH/c1-4-13-26-14-11-24(12-15-26,23(27)25-28)17-32(29,30)22-9-7-20(8-10-22)31-21-6-5-18(2)19(3)16-21;/h1,5-10,16,28H,11-15,17H2,2-3H3,(H,25,27);1H. The highest BCUT2D eigenvalue weighted by atomic mass is 35.5. The number of hydroxylamine groups is 1. The van der Waals surface area contributed by atoms with Crippen LogP contribution < -0.4 is 10.2 Å². The molecule has 0 unspecified atom stereocenters. The van der Waals surface area contributed by atoms with Crippen molar-refractivity contribution in [3.8, 4) is 23.8 Å². The summed E-state index contributed by atoms with van der Waals surface area (Å²) in [5, 5.41) is 9.25. The largest absolute Gasteiger partial charge is 0.457 e. The van der Waals surface area contributed by atoms with Crippen molar-refractivity contribution in [1.82, 2.24) is 10.4 Å². The van der Waals surface area contributed by atoms with E-state index in [1.807, 2.05) is 36.9 Å². The van der Waals surface area contributed by atoms with E-state index >= 15 is 0 Å². The average molecular weight is 493 g/mol. The fraction of sp³-hybridized carbons (Fsp3) is 0.375. The van der Waals surface area contributed by atoms with E-state index in [4.69, 9.17) is 11.2 Å². The smallest absolute Gasteiger partial charge is 0.250 e. The number of carbonyl (C=O) groups excluding carboxylic acids is 1. The van der Waals surface area contributed by atoms with E-state index in [1.165, 1.54) is 12.1 Å². The van der Waals surface area contributed by atoms with Crippen molar-refractivity contribution < 1.29 is 23.2 Å². The van der Waals surface area contributed by atoms with Gasteiger partial charge in [-0.25, -0.2) is 13.9 Å². The molecule has 1 amide bonds. The van der Waals surface area contributed by atoms with Gasteiger partial charge in [0.15, 0.2) is 9.84 Å². The van der Waals surface area contributed by atoms with Crippen molar-refractivity contribution in [3.05, 3.63) is 53.6 Å². The van der Waals surface area contributed by atoms with Gasteiger partial charge < -0.3 is 4.74 Å². The number of hydrogen-bond donors (Lipinski definition) is 2. The van der Waals surface area contributed by atoms with Gasteiger partial charge in [0.25, 0.3) is 5.91 Å². The summed E-state index contributed by atoms with van der Waals surface area (Å²) >= 11 is 0. The van der Waals surface area contributed by atoms with Gasteiger partial charge in [0, 0.05) is 13.1 Å². The molecule has 9 heteroatoms. The molecule has 1 aliphatic rings. The average Bonchev–Trinajstić information content (AvgIpc) is 2.77. The zero-order valence-electron chi connectivity index (χ0n) is 18.7. The molecular weight excluding hydrogens is 464 g/mol. The number of terminal acetylenes is 1. The first kappa shape index (κ1) is 26.7. The highest BCUT2D eigenvalue weighted by Gasteiger charge is 2.45. The Hall–Kier alpha value is -2.57. The summed E-state index contributed by atoms with van der Waals surface area (Å²) in [4.78, 5) is 14.5. The zero-order chi connectivity index (χ0) is 23.4. The Morgan fingerprint density at radius 3 is 2.27 bits per heavy atom. The summed E-state index contributed by atoms with van der Waals surface area (Å²) in [5.74, 6) is 2.66. The number of amides is 1. The van der Waals surface area contributed by atoms with Gasteiger partial charge in [-0.2, -0.15) is 0 Å². The summed E-state index contributed by atoms with van der Waals surface area (Å²) in [6, 6.07) is 11.9. The fourth-order valence-electron chi connectivity index (χ4n) is 3.90. The number of aryl methyl sites for hydroxylation is 2. The molecule has 1 aliphatic heterocycles. The van der Waals surface area contributed by atoms with E-state index in [9.17, 15) is 18.4 Å². The van der Waals surface area contributed by atoms with Crippen molar-refractivity contribution in [2.75, 3.05) is 25.4 Å². The number of likely N-dealkylation sites (tertiary alicyclic amines) is 1. The Labute approximate surface area is 201 Å². The molecule has 0 aromatic heterocycles. The van der Waals surface area contributed by atoms with Crippen molar-refractivity contribution in [2.24, 2.45) is 5.41 Å². The highest BCUT2D eigenvalue weighted by Crippen LogP contribution is 2.35. The quantitative estimate of drug-likeness (QED) is 0.349. The third-order valence-electron chi connectivity index (χ3n) is 6.07. The molecular formula is C24H29ClN2O5S. The maximum Gasteiger partial charge on any atom is 0.250 e. The molecule has 0 atom stereocenters. The summed E-state index contributed by atoms with van der Waals surface area (Å²) in [6.07, 6.45) is 5.92. The second-order valence-electron chi connectivity index (χ2n) is 8.28. The molecule has 2 aromatic rings. The topological polar surface area (TPSA) is 95.9 Å². The van der Waals surface area contributed by atoms with Crippen LogP contribution in [0.15, 0.2) is 47.4 Å². The van der Waals surface area contributed by atoms with Crippen LogP contribution >= 0.6 is 12.4 Å². The van der Waals surface area contributed by atoms with Crippen LogP contribution in [0, 0.1) is 31.6 Å². The summed E-state index contributed by atoms with van der Waals surface area (Å²) in [6.45, 7) is 5.41. The molecule has 33 heavy (non-hydrogen) atoms. The Kier molecular flexibility index (Phi) is 8.92. The van der Waals surface area contributed by atoms with Crippen LogP contribution in [0.3, 0.4) is 0 Å². The lowest BCUT2D eigenvalue weighted by atomic mass is 9.79. The van der Waals surface area contributed by atoms with Crippen LogP contribution in [-0.4, -0.2) is 49.8 Å². The number of benzene rings is 2. The molecule has 7 nitrogen and oxygen atoms in total. The number of ether oxygens (including phenoxy) is 1. The first-order valence-electron chi connectivity index (χ1n) is 10.4. The molecule has 1 heterocycles. The maximum atomic E-state index is 13.1. The van der Waals surface area contributed by atoms with Crippen molar-refractivity contribution in [3.63, 3.8) is 0 Å². The molecule has 0 spiro atoms. The Balaban J connectivity index is 0.00000385. The Bertz CT molecular complexity index is 1120. The molecule has 0 aliphatic carbocycles. The molecule has 1 fully saturated rings. The van der Waals surface area contributed by atoms with Gasteiger partial charge in [-0.1, -0.05) is 12.0 Å². The number of rotatable bonds is 7. The Morgan fingerprint density at radius 2 is 1.73 bits per heavy atom. The number of halogens is 1. The Morgan fingerprint density at radius 1 is 1.12 bits per heavy atom. The van der Waals surface area contributed by atoms with E-state index in [0.717, 1.165) is 11.1 Å². The van der Waals surface area contributed by atoms with Crippen LogP contribution in [0.4, 0.5) is 0 Å². The van der Waals surface area contributed by atoms with E-state index in [-0.39, 0.29) is 30.1 Å². The van der Waals surface area contributed by atoms with Gasteiger partial charge in [-0.05, 0) is 74.2 Å². The lowest BCUT2D eigenvalue weighted by Crippen LogP contribution is -2.51. The maximum absolute atomic E-state index is 13.1.